The molecule has 0 radical (unpaired) electrons. The van der Waals surface area contributed by atoms with Crippen LogP contribution in [0.3, 0.4) is 0 Å². The fourth-order valence-electron chi connectivity index (χ4n) is 3.11. The Bertz CT molecular complexity index is 598. The lowest BCUT2D eigenvalue weighted by atomic mass is 9.87. The number of carbonyl (C=O) groups is 1. The van der Waals surface area contributed by atoms with Crippen molar-refractivity contribution >= 4 is 12.0 Å². The van der Waals surface area contributed by atoms with Gasteiger partial charge in [-0.1, -0.05) is 18.2 Å². The molecule has 0 atom stereocenters. The van der Waals surface area contributed by atoms with Crippen molar-refractivity contribution in [3.8, 4) is 5.75 Å². The molecule has 1 N–H and O–H groups in total. The first-order valence-electron chi connectivity index (χ1n) is 7.42. The zero-order valence-electron chi connectivity index (χ0n) is 12.6. The molecule has 0 aromatic heterocycles. The number of nitrogens with zero attached hydrogens (tertiary/aromatic N) is 1. The molecule has 4 nitrogen and oxygen atoms in total. The molecular weight excluding hydrogens is 266 g/mol. The van der Waals surface area contributed by atoms with Crippen LogP contribution in [0.4, 0.5) is 0 Å². The van der Waals surface area contributed by atoms with E-state index in [1.165, 1.54) is 11.1 Å². The Hall–Kier alpha value is -1.81. The maximum atomic E-state index is 10.8. The SMILES string of the molecule is Cc1ccc2c(c1C)OC1(C=C2)CCN(CC(=O)O)CC1. The summed E-state index contributed by atoms with van der Waals surface area (Å²) < 4.78 is 6.36. The molecule has 2 aliphatic heterocycles. The molecule has 2 aliphatic rings. The molecule has 21 heavy (non-hydrogen) atoms. The quantitative estimate of drug-likeness (QED) is 0.908. The molecule has 2 heterocycles. The zero-order valence-corrected chi connectivity index (χ0v) is 12.6. The summed E-state index contributed by atoms with van der Waals surface area (Å²) >= 11 is 0. The summed E-state index contributed by atoms with van der Waals surface area (Å²) in [5.41, 5.74) is 3.31. The molecule has 1 spiro atoms. The van der Waals surface area contributed by atoms with Crippen molar-refractivity contribution in [1.82, 2.24) is 4.90 Å². The monoisotopic (exact) mass is 287 g/mol. The van der Waals surface area contributed by atoms with Crippen LogP contribution in [0.2, 0.25) is 0 Å². The van der Waals surface area contributed by atoms with Gasteiger partial charge >= 0.3 is 5.97 Å². The number of hydrogen-bond donors (Lipinski definition) is 1. The van der Waals surface area contributed by atoms with Crippen molar-refractivity contribution in [2.45, 2.75) is 32.3 Å². The van der Waals surface area contributed by atoms with Crippen LogP contribution >= 0.6 is 0 Å². The minimum atomic E-state index is -0.761. The number of aliphatic carboxylic acids is 1. The van der Waals surface area contributed by atoms with E-state index in [1.54, 1.807) is 0 Å². The standard InChI is InChI=1S/C17H21NO3/c1-12-3-4-14-5-6-17(21-16(14)13(12)2)7-9-18(10-8-17)11-15(19)20/h3-6H,7-11H2,1-2H3,(H,19,20). The van der Waals surface area contributed by atoms with E-state index in [-0.39, 0.29) is 12.1 Å². The summed E-state index contributed by atoms with van der Waals surface area (Å²) in [6, 6.07) is 4.22. The molecule has 112 valence electrons. The number of likely N-dealkylation sites (tertiary alicyclic amines) is 1. The van der Waals surface area contributed by atoms with E-state index in [9.17, 15) is 4.79 Å². The Morgan fingerprint density at radius 1 is 1.33 bits per heavy atom. The summed E-state index contributed by atoms with van der Waals surface area (Å²) in [4.78, 5) is 12.8. The van der Waals surface area contributed by atoms with Gasteiger partial charge in [-0.3, -0.25) is 9.69 Å². The predicted molar refractivity (Wildman–Crippen MR) is 81.6 cm³/mol. The molecule has 1 aromatic carbocycles. The molecule has 0 amide bonds. The Labute approximate surface area is 125 Å². The molecule has 0 saturated carbocycles. The van der Waals surface area contributed by atoms with Gasteiger partial charge in [0.1, 0.15) is 11.4 Å². The normalized spacial score (nSPS) is 20.1. The first-order valence-corrected chi connectivity index (χ1v) is 7.42. The Kier molecular flexibility index (Phi) is 3.49. The van der Waals surface area contributed by atoms with Gasteiger partial charge in [0.15, 0.2) is 0 Å². The van der Waals surface area contributed by atoms with Gasteiger partial charge in [-0.25, -0.2) is 0 Å². The highest BCUT2D eigenvalue weighted by Crippen LogP contribution is 2.39. The lowest BCUT2D eigenvalue weighted by Gasteiger charge is -2.42. The minimum absolute atomic E-state index is 0.120. The fraction of sp³-hybridized carbons (Fsp3) is 0.471. The van der Waals surface area contributed by atoms with Crippen LogP contribution in [-0.4, -0.2) is 41.2 Å². The van der Waals surface area contributed by atoms with Crippen molar-refractivity contribution in [2.24, 2.45) is 0 Å². The maximum Gasteiger partial charge on any atom is 0.317 e. The van der Waals surface area contributed by atoms with E-state index in [4.69, 9.17) is 9.84 Å². The number of rotatable bonds is 2. The van der Waals surface area contributed by atoms with Gasteiger partial charge in [0.05, 0.1) is 6.54 Å². The number of aryl methyl sites for hydroxylation is 1. The van der Waals surface area contributed by atoms with Crippen LogP contribution in [0.15, 0.2) is 18.2 Å². The van der Waals surface area contributed by atoms with E-state index >= 15 is 0 Å². The molecule has 0 bridgehead atoms. The van der Waals surface area contributed by atoms with E-state index in [2.05, 4.69) is 38.1 Å². The highest BCUT2D eigenvalue weighted by molar-refractivity contribution is 5.69. The molecule has 3 rings (SSSR count). The van der Waals surface area contributed by atoms with Gasteiger partial charge < -0.3 is 9.84 Å². The summed E-state index contributed by atoms with van der Waals surface area (Å²) in [6.45, 7) is 5.84. The average Bonchev–Trinajstić information content (AvgIpc) is 2.46. The van der Waals surface area contributed by atoms with Gasteiger partial charge in [0.2, 0.25) is 0 Å². The Morgan fingerprint density at radius 3 is 2.71 bits per heavy atom. The number of carboxylic acids is 1. The van der Waals surface area contributed by atoms with Gasteiger partial charge in [0.25, 0.3) is 0 Å². The molecule has 4 heteroatoms. The van der Waals surface area contributed by atoms with Crippen LogP contribution in [0.1, 0.15) is 29.5 Å². The maximum absolute atomic E-state index is 10.8. The molecule has 1 aromatic rings. The van der Waals surface area contributed by atoms with Crippen LogP contribution in [0.5, 0.6) is 5.75 Å². The van der Waals surface area contributed by atoms with Crippen molar-refractivity contribution in [3.05, 3.63) is 34.9 Å². The van der Waals surface area contributed by atoms with Gasteiger partial charge in [-0.05, 0) is 31.1 Å². The lowest BCUT2D eigenvalue weighted by molar-refractivity contribution is -0.139. The first kappa shape index (κ1) is 14.1. The average molecular weight is 287 g/mol. The topological polar surface area (TPSA) is 49.8 Å². The number of carboxylic acid groups (broad SMARTS) is 1. The highest BCUT2D eigenvalue weighted by Gasteiger charge is 2.37. The minimum Gasteiger partial charge on any atom is -0.482 e. The van der Waals surface area contributed by atoms with Crippen LogP contribution in [-0.2, 0) is 4.79 Å². The molecular formula is C17H21NO3. The fourth-order valence-corrected chi connectivity index (χ4v) is 3.11. The smallest absolute Gasteiger partial charge is 0.317 e. The van der Waals surface area contributed by atoms with Gasteiger partial charge in [-0.2, -0.15) is 0 Å². The molecule has 1 fully saturated rings. The van der Waals surface area contributed by atoms with E-state index in [1.807, 2.05) is 4.90 Å². The first-order chi connectivity index (χ1) is 9.99. The Morgan fingerprint density at radius 2 is 2.05 bits per heavy atom. The van der Waals surface area contributed by atoms with Gasteiger partial charge in [0, 0.05) is 31.5 Å². The number of benzene rings is 1. The summed E-state index contributed by atoms with van der Waals surface area (Å²) in [5, 5.41) is 8.88. The van der Waals surface area contributed by atoms with Crippen molar-refractivity contribution in [3.63, 3.8) is 0 Å². The number of fused-ring (bicyclic) bond motifs is 1. The second-order valence-corrected chi connectivity index (χ2v) is 6.10. The second-order valence-electron chi connectivity index (χ2n) is 6.10. The molecule has 1 saturated heterocycles. The number of piperidine rings is 1. The Balaban J connectivity index is 1.78. The summed E-state index contributed by atoms with van der Waals surface area (Å²) in [7, 11) is 0. The lowest BCUT2D eigenvalue weighted by Crippen LogP contribution is -2.48. The summed E-state index contributed by atoms with van der Waals surface area (Å²) in [6.07, 6.45) is 5.98. The van der Waals surface area contributed by atoms with E-state index in [0.717, 1.165) is 37.2 Å². The van der Waals surface area contributed by atoms with Gasteiger partial charge in [-0.15, -0.1) is 0 Å². The van der Waals surface area contributed by atoms with Crippen LogP contribution in [0, 0.1) is 13.8 Å². The number of hydrogen-bond acceptors (Lipinski definition) is 3. The second kappa shape index (κ2) is 5.19. The molecule has 0 unspecified atom stereocenters. The predicted octanol–water partition coefficient (Wildman–Crippen LogP) is 2.63. The summed E-state index contributed by atoms with van der Waals surface area (Å²) in [5.74, 6) is 0.229. The van der Waals surface area contributed by atoms with Crippen molar-refractivity contribution in [2.75, 3.05) is 19.6 Å². The number of ether oxygens (including phenoxy) is 1. The van der Waals surface area contributed by atoms with Crippen LogP contribution < -0.4 is 4.74 Å². The van der Waals surface area contributed by atoms with Crippen molar-refractivity contribution in [1.29, 1.82) is 0 Å². The largest absolute Gasteiger partial charge is 0.482 e. The van der Waals surface area contributed by atoms with E-state index in [0.29, 0.717) is 0 Å². The third-order valence-electron chi connectivity index (χ3n) is 4.64. The van der Waals surface area contributed by atoms with Crippen LogP contribution in [0.25, 0.3) is 6.08 Å². The third-order valence-corrected chi connectivity index (χ3v) is 4.64. The van der Waals surface area contributed by atoms with Crippen molar-refractivity contribution < 1.29 is 14.6 Å². The zero-order chi connectivity index (χ0) is 15.0. The third kappa shape index (κ3) is 2.68. The highest BCUT2D eigenvalue weighted by atomic mass is 16.5. The van der Waals surface area contributed by atoms with E-state index < -0.39 is 5.97 Å². The molecule has 0 aliphatic carbocycles.